The SMILES string of the molecule is CC[C@H](NC(=O)[C@H](CC)N1CCCC1=O)c1ncc(C)s1. The minimum atomic E-state index is -0.352. The third kappa shape index (κ3) is 3.61. The lowest BCUT2D eigenvalue weighted by Crippen LogP contribution is -2.48. The number of carbonyl (C=O) groups is 2. The van der Waals surface area contributed by atoms with Crippen LogP contribution in [0.3, 0.4) is 0 Å². The second kappa shape index (κ2) is 7.02. The number of carbonyl (C=O) groups excluding carboxylic acids is 2. The number of amides is 2. The summed E-state index contributed by atoms with van der Waals surface area (Å²) in [6.45, 7) is 6.68. The van der Waals surface area contributed by atoms with Crippen LogP contribution in [0.1, 0.15) is 55.5 Å². The third-order valence-electron chi connectivity index (χ3n) is 3.84. The van der Waals surface area contributed by atoms with Crippen molar-refractivity contribution in [3.8, 4) is 0 Å². The summed E-state index contributed by atoms with van der Waals surface area (Å²) in [7, 11) is 0. The molecule has 1 fully saturated rings. The van der Waals surface area contributed by atoms with Crippen LogP contribution in [-0.4, -0.2) is 34.3 Å². The average molecular weight is 309 g/mol. The maximum Gasteiger partial charge on any atom is 0.243 e. The van der Waals surface area contributed by atoms with Gasteiger partial charge in [0.15, 0.2) is 0 Å². The number of nitrogens with one attached hydrogen (secondary N) is 1. The maximum atomic E-state index is 12.5. The first-order valence-corrected chi connectivity index (χ1v) is 8.40. The lowest BCUT2D eigenvalue weighted by atomic mass is 10.1. The van der Waals surface area contributed by atoms with E-state index in [9.17, 15) is 9.59 Å². The molecule has 0 unspecified atom stereocenters. The zero-order valence-electron chi connectivity index (χ0n) is 12.9. The van der Waals surface area contributed by atoms with Gasteiger partial charge in [-0.25, -0.2) is 4.98 Å². The Labute approximate surface area is 129 Å². The first kappa shape index (κ1) is 15.9. The van der Waals surface area contributed by atoms with Crippen LogP contribution in [0.5, 0.6) is 0 Å². The van der Waals surface area contributed by atoms with Gasteiger partial charge in [-0.15, -0.1) is 11.3 Å². The average Bonchev–Trinajstić information content (AvgIpc) is 3.06. The Bertz CT molecular complexity index is 515. The summed E-state index contributed by atoms with van der Waals surface area (Å²) in [6.07, 6.45) is 4.68. The van der Waals surface area contributed by atoms with Crippen molar-refractivity contribution in [2.24, 2.45) is 0 Å². The van der Waals surface area contributed by atoms with E-state index < -0.39 is 0 Å². The van der Waals surface area contributed by atoms with Gasteiger partial charge in [0, 0.05) is 24.0 Å². The summed E-state index contributed by atoms with van der Waals surface area (Å²) in [5.74, 6) is 0.0302. The molecule has 0 aromatic carbocycles. The maximum absolute atomic E-state index is 12.5. The Balaban J connectivity index is 2.05. The van der Waals surface area contributed by atoms with Gasteiger partial charge in [-0.2, -0.15) is 0 Å². The molecule has 2 amide bonds. The Kier molecular flexibility index (Phi) is 5.33. The fourth-order valence-electron chi connectivity index (χ4n) is 2.69. The fourth-order valence-corrected chi connectivity index (χ4v) is 3.59. The molecule has 0 radical (unpaired) electrons. The number of rotatable bonds is 6. The molecule has 1 aliphatic heterocycles. The largest absolute Gasteiger partial charge is 0.345 e. The first-order valence-electron chi connectivity index (χ1n) is 7.59. The van der Waals surface area contributed by atoms with E-state index in [4.69, 9.17) is 0 Å². The Morgan fingerprint density at radius 1 is 1.48 bits per heavy atom. The molecule has 1 aromatic rings. The first-order chi connectivity index (χ1) is 10.1. The normalized spacial score (nSPS) is 17.9. The quantitative estimate of drug-likeness (QED) is 0.878. The van der Waals surface area contributed by atoms with E-state index in [-0.39, 0.29) is 23.9 Å². The number of nitrogens with zero attached hydrogens (tertiary/aromatic N) is 2. The van der Waals surface area contributed by atoms with Crippen molar-refractivity contribution in [3.05, 3.63) is 16.1 Å². The molecule has 21 heavy (non-hydrogen) atoms. The van der Waals surface area contributed by atoms with Crippen molar-refractivity contribution in [2.75, 3.05) is 6.54 Å². The Morgan fingerprint density at radius 3 is 2.71 bits per heavy atom. The molecule has 6 heteroatoms. The molecule has 2 rings (SSSR count). The highest BCUT2D eigenvalue weighted by Gasteiger charge is 2.32. The standard InChI is InChI=1S/C15H23N3O2S/c1-4-11(15-16-9-10(3)21-15)17-14(20)12(5-2)18-8-6-7-13(18)19/h9,11-12H,4-8H2,1-3H3,(H,17,20)/t11-,12-/m0/s1. The minimum Gasteiger partial charge on any atom is -0.345 e. The van der Waals surface area contributed by atoms with Crippen molar-refractivity contribution >= 4 is 23.2 Å². The van der Waals surface area contributed by atoms with E-state index >= 15 is 0 Å². The summed E-state index contributed by atoms with van der Waals surface area (Å²) in [4.78, 5) is 31.6. The van der Waals surface area contributed by atoms with Gasteiger partial charge in [0.05, 0.1) is 6.04 Å². The van der Waals surface area contributed by atoms with E-state index in [2.05, 4.69) is 10.3 Å². The van der Waals surface area contributed by atoms with Crippen molar-refractivity contribution in [1.82, 2.24) is 15.2 Å². The summed E-state index contributed by atoms with van der Waals surface area (Å²) in [5, 5.41) is 4.00. The number of aryl methyl sites for hydroxylation is 1. The highest BCUT2D eigenvalue weighted by atomic mass is 32.1. The van der Waals surface area contributed by atoms with Gasteiger partial charge in [-0.3, -0.25) is 9.59 Å². The van der Waals surface area contributed by atoms with Crippen LogP contribution in [0.2, 0.25) is 0 Å². The fraction of sp³-hybridized carbons (Fsp3) is 0.667. The zero-order chi connectivity index (χ0) is 15.4. The van der Waals surface area contributed by atoms with Crippen molar-refractivity contribution < 1.29 is 9.59 Å². The van der Waals surface area contributed by atoms with Gasteiger partial charge in [0.2, 0.25) is 11.8 Å². The number of likely N-dealkylation sites (tertiary alicyclic amines) is 1. The van der Waals surface area contributed by atoms with Crippen LogP contribution >= 0.6 is 11.3 Å². The third-order valence-corrected chi connectivity index (χ3v) is 4.86. The van der Waals surface area contributed by atoms with E-state index in [0.717, 1.165) is 22.7 Å². The smallest absolute Gasteiger partial charge is 0.243 e. The van der Waals surface area contributed by atoms with E-state index in [1.807, 2.05) is 27.0 Å². The van der Waals surface area contributed by atoms with Crippen LogP contribution in [0.25, 0.3) is 0 Å². The molecule has 0 aliphatic carbocycles. The van der Waals surface area contributed by atoms with Gasteiger partial charge in [-0.05, 0) is 26.2 Å². The summed E-state index contributed by atoms with van der Waals surface area (Å²) in [6, 6.07) is -0.418. The number of aromatic nitrogens is 1. The lowest BCUT2D eigenvalue weighted by molar-refractivity contribution is -0.137. The zero-order valence-corrected chi connectivity index (χ0v) is 13.7. The van der Waals surface area contributed by atoms with Gasteiger partial charge in [0.25, 0.3) is 0 Å². The van der Waals surface area contributed by atoms with Crippen LogP contribution < -0.4 is 5.32 Å². The molecule has 116 valence electrons. The van der Waals surface area contributed by atoms with Gasteiger partial charge >= 0.3 is 0 Å². The van der Waals surface area contributed by atoms with Crippen LogP contribution in [0.15, 0.2) is 6.20 Å². The van der Waals surface area contributed by atoms with Gasteiger partial charge in [-0.1, -0.05) is 13.8 Å². The number of hydrogen-bond donors (Lipinski definition) is 1. The van der Waals surface area contributed by atoms with E-state index in [1.165, 1.54) is 0 Å². The van der Waals surface area contributed by atoms with Crippen molar-refractivity contribution in [3.63, 3.8) is 0 Å². The monoisotopic (exact) mass is 309 g/mol. The van der Waals surface area contributed by atoms with Crippen LogP contribution in [-0.2, 0) is 9.59 Å². The van der Waals surface area contributed by atoms with Gasteiger partial charge in [0.1, 0.15) is 11.0 Å². The Hall–Kier alpha value is -1.43. The second-order valence-corrected chi connectivity index (χ2v) is 6.66. The summed E-state index contributed by atoms with van der Waals surface area (Å²) < 4.78 is 0. The molecule has 0 bridgehead atoms. The molecular formula is C15H23N3O2S. The topological polar surface area (TPSA) is 62.3 Å². The molecule has 0 saturated carbocycles. The minimum absolute atomic E-state index is 0.0625. The van der Waals surface area contributed by atoms with Crippen LogP contribution in [0.4, 0.5) is 0 Å². The molecule has 1 saturated heterocycles. The van der Waals surface area contributed by atoms with Crippen molar-refractivity contribution in [2.45, 2.75) is 58.5 Å². The number of thiazole rings is 1. The highest BCUT2D eigenvalue weighted by Crippen LogP contribution is 2.23. The van der Waals surface area contributed by atoms with Gasteiger partial charge < -0.3 is 10.2 Å². The highest BCUT2D eigenvalue weighted by molar-refractivity contribution is 7.11. The van der Waals surface area contributed by atoms with Crippen molar-refractivity contribution in [1.29, 1.82) is 0 Å². The molecule has 1 N–H and O–H groups in total. The van der Waals surface area contributed by atoms with E-state index in [1.54, 1.807) is 16.2 Å². The summed E-state index contributed by atoms with van der Waals surface area (Å²) >= 11 is 1.61. The molecular weight excluding hydrogens is 286 g/mol. The summed E-state index contributed by atoms with van der Waals surface area (Å²) in [5.41, 5.74) is 0. The lowest BCUT2D eigenvalue weighted by Gasteiger charge is -2.27. The second-order valence-electron chi connectivity index (χ2n) is 5.39. The molecule has 2 heterocycles. The predicted molar refractivity (Wildman–Crippen MR) is 83.1 cm³/mol. The molecule has 1 aliphatic rings. The van der Waals surface area contributed by atoms with Crippen LogP contribution in [0, 0.1) is 6.92 Å². The Morgan fingerprint density at radius 2 is 2.24 bits per heavy atom. The number of hydrogen-bond acceptors (Lipinski definition) is 4. The molecule has 1 aromatic heterocycles. The molecule has 2 atom stereocenters. The predicted octanol–water partition coefficient (Wildman–Crippen LogP) is 2.42. The van der Waals surface area contributed by atoms with E-state index in [0.29, 0.717) is 19.4 Å². The molecule has 0 spiro atoms. The molecule has 5 nitrogen and oxygen atoms in total.